The maximum absolute atomic E-state index is 14.9. The molecule has 1 saturated heterocycles. The van der Waals surface area contributed by atoms with E-state index in [9.17, 15) is 63.0 Å². The molecule has 2 N–H and O–H groups in total. The van der Waals surface area contributed by atoms with E-state index in [1.807, 2.05) is 0 Å². The molecule has 2 fully saturated rings. The van der Waals surface area contributed by atoms with Crippen molar-refractivity contribution in [2.75, 3.05) is 6.54 Å². The van der Waals surface area contributed by atoms with Crippen LogP contribution < -0.4 is 5.32 Å². The van der Waals surface area contributed by atoms with Crippen LogP contribution in [-0.4, -0.2) is 67.2 Å². The smallest absolute Gasteiger partial charge is 0.435 e. The summed E-state index contributed by atoms with van der Waals surface area (Å²) in [6.07, 6.45) is -13.2. The largest absolute Gasteiger partial charge is 0.481 e. The van der Waals surface area contributed by atoms with E-state index in [4.69, 9.17) is 0 Å². The number of hydrogen-bond acceptors (Lipinski definition) is 5. The fourth-order valence-electron chi connectivity index (χ4n) is 6.43. The number of nitrogens with one attached hydrogen (secondary N) is 1. The van der Waals surface area contributed by atoms with Gasteiger partial charge in [-0.15, -0.1) is 0 Å². The molecule has 1 saturated carbocycles. The Labute approximate surface area is 270 Å². The van der Waals surface area contributed by atoms with Crippen molar-refractivity contribution in [3.8, 4) is 0 Å². The molecule has 2 aliphatic rings. The van der Waals surface area contributed by atoms with Crippen molar-refractivity contribution in [3.05, 3.63) is 65.5 Å². The summed E-state index contributed by atoms with van der Waals surface area (Å²) in [7, 11) is -4.84. The van der Waals surface area contributed by atoms with Crippen LogP contribution in [0.3, 0.4) is 0 Å². The number of benzene rings is 2. The molecule has 2 aromatic carbocycles. The number of amides is 2. The molecule has 0 aromatic heterocycles. The fraction of sp³-hybridized carbons (Fsp3) is 0.516. The van der Waals surface area contributed by atoms with Gasteiger partial charge in [-0.3, -0.25) is 14.4 Å². The Morgan fingerprint density at radius 1 is 0.854 bits per heavy atom. The summed E-state index contributed by atoms with van der Waals surface area (Å²) in [5.41, 5.74) is -8.14. The highest BCUT2D eigenvalue weighted by Gasteiger charge is 2.73. The highest BCUT2D eigenvalue weighted by atomic mass is 32.2. The Hall–Kier alpha value is -3.76. The third kappa shape index (κ3) is 6.49. The van der Waals surface area contributed by atoms with Gasteiger partial charge >= 0.3 is 24.0 Å². The lowest BCUT2D eigenvalue weighted by atomic mass is 9.81. The lowest BCUT2D eigenvalue weighted by molar-refractivity contribution is -0.348. The SMILES string of the molecule is CC(C)NC(=O)[C@@H]1CC(c2ccc(C(F)(C(F)(F)F)C(F)(F)F)cc2)(S(=O)(=O)c2ccc(F)cc2)CN1C(=O)[C@H]1CC[C@H](C(=O)O)CC1. The average Bonchev–Trinajstić information content (AvgIpc) is 3.42. The second kappa shape index (κ2) is 12.9. The van der Waals surface area contributed by atoms with Gasteiger partial charge in [0.15, 0.2) is 9.84 Å². The Balaban J connectivity index is 1.89. The Morgan fingerprint density at radius 2 is 1.35 bits per heavy atom. The van der Waals surface area contributed by atoms with E-state index in [1.165, 1.54) is 0 Å². The van der Waals surface area contributed by atoms with Crippen LogP contribution in [0.15, 0.2) is 53.4 Å². The van der Waals surface area contributed by atoms with Crippen LogP contribution in [0.2, 0.25) is 0 Å². The summed E-state index contributed by atoms with van der Waals surface area (Å²) in [5, 5.41) is 11.9. The summed E-state index contributed by atoms with van der Waals surface area (Å²) in [4.78, 5) is 39.4. The molecule has 0 radical (unpaired) electrons. The summed E-state index contributed by atoms with van der Waals surface area (Å²) < 4.78 is 136. The Kier molecular flexibility index (Phi) is 9.99. The van der Waals surface area contributed by atoms with Crippen molar-refractivity contribution in [2.45, 2.75) is 85.7 Å². The number of carbonyl (C=O) groups excluding carboxylic acids is 2. The number of rotatable bonds is 8. The van der Waals surface area contributed by atoms with Crippen LogP contribution in [0, 0.1) is 17.7 Å². The van der Waals surface area contributed by atoms with Crippen LogP contribution >= 0.6 is 0 Å². The van der Waals surface area contributed by atoms with Crippen LogP contribution in [0.1, 0.15) is 57.1 Å². The molecule has 1 aliphatic carbocycles. The minimum Gasteiger partial charge on any atom is -0.481 e. The van der Waals surface area contributed by atoms with Crippen molar-refractivity contribution >= 4 is 27.6 Å². The molecule has 264 valence electrons. The van der Waals surface area contributed by atoms with Gasteiger partial charge in [0.05, 0.1) is 10.8 Å². The number of carboxylic acids is 1. The maximum atomic E-state index is 14.9. The summed E-state index contributed by atoms with van der Waals surface area (Å²) in [5.74, 6) is -4.94. The van der Waals surface area contributed by atoms with Gasteiger partial charge in [0.25, 0.3) is 0 Å². The number of carboxylic acid groups (broad SMARTS) is 1. The molecule has 0 bridgehead atoms. The minimum absolute atomic E-state index is 0.0880. The highest BCUT2D eigenvalue weighted by Crippen LogP contribution is 2.54. The molecular formula is C31H32F8N2O6S. The zero-order valence-electron chi connectivity index (χ0n) is 25.5. The third-order valence-corrected chi connectivity index (χ3v) is 11.4. The van der Waals surface area contributed by atoms with Crippen molar-refractivity contribution in [3.63, 3.8) is 0 Å². The van der Waals surface area contributed by atoms with E-state index in [-0.39, 0.29) is 37.8 Å². The Morgan fingerprint density at radius 3 is 1.81 bits per heavy atom. The van der Waals surface area contributed by atoms with Crippen LogP contribution in [-0.2, 0) is 34.6 Å². The quantitative estimate of drug-likeness (QED) is 0.264. The number of halogens is 8. The summed E-state index contributed by atoms with van der Waals surface area (Å²) in [6, 6.07) is 2.78. The molecule has 2 aromatic rings. The van der Waals surface area contributed by atoms with Gasteiger partial charge in [0, 0.05) is 30.5 Å². The normalized spacial score (nSPS) is 24.1. The topological polar surface area (TPSA) is 121 Å². The van der Waals surface area contributed by atoms with E-state index in [0.29, 0.717) is 12.1 Å². The van der Waals surface area contributed by atoms with E-state index in [0.717, 1.165) is 29.2 Å². The number of carbonyl (C=O) groups is 3. The monoisotopic (exact) mass is 712 g/mol. The Bertz CT molecular complexity index is 1620. The van der Waals surface area contributed by atoms with Gasteiger partial charge in [0.1, 0.15) is 16.6 Å². The standard InChI is InChI=1S/C31H32F8N2O6S/c1-17(2)40-25(42)24-15-28(48(46,47)23-13-11-22(32)12-14-23,16-41(24)26(43)18-3-5-19(6-4-18)27(44)45)20-7-9-21(10-8-20)29(33,30(34,35)36)31(37,38)39/h7-14,17-19,24H,3-6,15-16H2,1-2H3,(H,40,42)(H,44,45)/t18-,19-,24-,28?/m0/s1. The van der Waals surface area contributed by atoms with Crippen molar-refractivity contribution in [2.24, 2.45) is 11.8 Å². The molecule has 1 aliphatic heterocycles. The lowest BCUT2D eigenvalue weighted by Crippen LogP contribution is -2.50. The van der Waals surface area contributed by atoms with Gasteiger partial charge in [-0.25, -0.2) is 17.2 Å². The predicted octanol–water partition coefficient (Wildman–Crippen LogP) is 5.80. The fourth-order valence-corrected chi connectivity index (χ4v) is 8.51. The predicted molar refractivity (Wildman–Crippen MR) is 153 cm³/mol. The average molecular weight is 713 g/mol. The molecule has 17 heteroatoms. The molecular weight excluding hydrogens is 680 g/mol. The van der Waals surface area contributed by atoms with Gasteiger partial charge < -0.3 is 15.3 Å². The van der Waals surface area contributed by atoms with Crippen molar-refractivity contribution < 1.29 is 63.0 Å². The summed E-state index contributed by atoms with van der Waals surface area (Å²) >= 11 is 0. The first kappa shape index (κ1) is 37.1. The van der Waals surface area contributed by atoms with Crippen molar-refractivity contribution in [1.82, 2.24) is 10.2 Å². The third-order valence-electron chi connectivity index (χ3n) is 9.00. The first-order chi connectivity index (χ1) is 22.1. The zero-order valence-corrected chi connectivity index (χ0v) is 26.4. The number of sulfone groups is 1. The molecule has 48 heavy (non-hydrogen) atoms. The van der Waals surface area contributed by atoms with Gasteiger partial charge in [-0.1, -0.05) is 24.3 Å². The van der Waals surface area contributed by atoms with E-state index < -0.39 is 109 Å². The second-order valence-electron chi connectivity index (χ2n) is 12.4. The highest BCUT2D eigenvalue weighted by molar-refractivity contribution is 7.92. The number of hydrogen-bond donors (Lipinski definition) is 2. The molecule has 0 spiro atoms. The zero-order chi connectivity index (χ0) is 36.0. The van der Waals surface area contributed by atoms with Gasteiger partial charge in [-0.2, -0.15) is 26.3 Å². The van der Waals surface area contributed by atoms with Gasteiger partial charge in [0.2, 0.25) is 11.8 Å². The first-order valence-electron chi connectivity index (χ1n) is 14.8. The first-order valence-corrected chi connectivity index (χ1v) is 16.3. The van der Waals surface area contributed by atoms with E-state index >= 15 is 0 Å². The second-order valence-corrected chi connectivity index (χ2v) is 14.7. The minimum atomic E-state index is -6.44. The number of likely N-dealkylation sites (tertiary alicyclic amines) is 1. The van der Waals surface area contributed by atoms with Gasteiger partial charge in [-0.05, 0) is 69.4 Å². The van der Waals surface area contributed by atoms with E-state index in [2.05, 4.69) is 5.32 Å². The van der Waals surface area contributed by atoms with Crippen LogP contribution in [0.25, 0.3) is 0 Å². The maximum Gasteiger partial charge on any atom is 0.435 e. The molecule has 2 atom stereocenters. The van der Waals surface area contributed by atoms with Crippen LogP contribution in [0.5, 0.6) is 0 Å². The molecule has 4 rings (SSSR count). The molecule has 1 unspecified atom stereocenters. The van der Waals surface area contributed by atoms with Crippen LogP contribution in [0.4, 0.5) is 35.1 Å². The number of aliphatic carboxylic acids is 1. The van der Waals surface area contributed by atoms with E-state index in [1.54, 1.807) is 13.8 Å². The molecule has 1 heterocycles. The molecule has 2 amide bonds. The number of nitrogens with zero attached hydrogens (tertiary/aromatic N) is 1. The lowest BCUT2D eigenvalue weighted by Gasteiger charge is -2.33. The molecule has 8 nitrogen and oxygen atoms in total. The van der Waals surface area contributed by atoms with Crippen molar-refractivity contribution in [1.29, 1.82) is 0 Å². The summed E-state index contributed by atoms with van der Waals surface area (Å²) in [6.45, 7) is 2.36. The number of alkyl halides is 7.